The highest BCUT2D eigenvalue weighted by atomic mass is 19.4. The van der Waals surface area contributed by atoms with Gasteiger partial charge in [0.15, 0.2) is 0 Å². The molecule has 4 aromatic rings. The minimum Gasteiger partial charge on any atom is -0.469 e. The van der Waals surface area contributed by atoms with Gasteiger partial charge in [0.25, 0.3) is 0 Å². The van der Waals surface area contributed by atoms with Crippen LogP contribution in [0.5, 0.6) is 11.5 Å². The van der Waals surface area contributed by atoms with Crippen molar-refractivity contribution < 1.29 is 37.0 Å². The smallest absolute Gasteiger partial charge is 0.416 e. The largest absolute Gasteiger partial charge is 0.469 e. The van der Waals surface area contributed by atoms with E-state index in [1.54, 1.807) is 42.3 Å². The van der Waals surface area contributed by atoms with Gasteiger partial charge in [-0.05, 0) is 29.8 Å². The van der Waals surface area contributed by atoms with E-state index >= 15 is 0 Å². The fourth-order valence-corrected chi connectivity index (χ4v) is 4.06. The van der Waals surface area contributed by atoms with Crippen molar-refractivity contribution >= 4 is 12.1 Å². The molecule has 1 aliphatic rings. The van der Waals surface area contributed by atoms with E-state index in [0.29, 0.717) is 22.4 Å². The third kappa shape index (κ3) is 7.87. The zero-order valence-corrected chi connectivity index (χ0v) is 22.4. The average molecular weight is 568 g/mol. The van der Waals surface area contributed by atoms with Crippen molar-refractivity contribution in [3.05, 3.63) is 102 Å². The topological polar surface area (TPSA) is 82.9 Å². The molecule has 1 fully saturated rings. The van der Waals surface area contributed by atoms with Gasteiger partial charge in [0, 0.05) is 29.9 Å². The molecular weight excluding hydrogens is 539 g/mol. The van der Waals surface area contributed by atoms with Crippen molar-refractivity contribution in [2.75, 3.05) is 20.3 Å². The van der Waals surface area contributed by atoms with Crippen LogP contribution in [0.15, 0.2) is 85.2 Å². The number of alkyl halides is 3. The Morgan fingerprint density at radius 3 is 2.29 bits per heavy atom. The second kappa shape index (κ2) is 13.0. The van der Waals surface area contributed by atoms with Crippen molar-refractivity contribution in [1.29, 1.82) is 0 Å². The number of esters is 1. The Morgan fingerprint density at radius 2 is 1.73 bits per heavy atom. The highest BCUT2D eigenvalue weighted by Gasteiger charge is 2.32. The van der Waals surface area contributed by atoms with Gasteiger partial charge >= 0.3 is 18.2 Å². The molecule has 5 rings (SSSR count). The first-order chi connectivity index (χ1) is 19.6. The van der Waals surface area contributed by atoms with Crippen LogP contribution in [0, 0.1) is 0 Å². The van der Waals surface area contributed by atoms with Gasteiger partial charge in [-0.2, -0.15) is 18.3 Å². The van der Waals surface area contributed by atoms with Gasteiger partial charge in [-0.25, -0.2) is 4.79 Å². The highest BCUT2D eigenvalue weighted by Crippen LogP contribution is 2.38. The van der Waals surface area contributed by atoms with E-state index in [0.717, 1.165) is 12.1 Å². The van der Waals surface area contributed by atoms with Crippen molar-refractivity contribution in [1.82, 2.24) is 14.7 Å². The van der Waals surface area contributed by atoms with Crippen molar-refractivity contribution in [2.45, 2.75) is 19.1 Å². The molecular formula is C30H28F3N3O5. The zero-order chi connectivity index (χ0) is 29.4. The van der Waals surface area contributed by atoms with Crippen LogP contribution in [0.25, 0.3) is 11.1 Å². The lowest BCUT2D eigenvalue weighted by Crippen LogP contribution is -2.24. The molecule has 0 bridgehead atoms. The fourth-order valence-electron chi connectivity index (χ4n) is 4.06. The number of hydrogen-bond donors (Lipinski definition) is 0. The minimum atomic E-state index is -4.57. The summed E-state index contributed by atoms with van der Waals surface area (Å²) in [5.41, 5.74) is 1.23. The maximum Gasteiger partial charge on any atom is 0.416 e. The molecule has 0 saturated carbocycles. The molecule has 0 unspecified atom stereocenters. The van der Waals surface area contributed by atoms with E-state index in [-0.39, 0.29) is 37.4 Å². The Morgan fingerprint density at radius 1 is 1.02 bits per heavy atom. The molecule has 1 aliphatic heterocycles. The molecule has 8 nitrogen and oxygen atoms in total. The molecule has 1 saturated heterocycles. The molecule has 3 aromatic carbocycles. The molecule has 0 aliphatic carbocycles. The standard InChI is InChI=1S/C24H22F3N3O5.C6H6/c1-29-13-17(12-28-29)19-5-3-15(10-22(31)33-2)9-21(19)35-20-6-4-18(24(25,26)27)11-16(20)14-30-7-8-34-23(30)32;1-2-4-6-5-3-1/h3-6,9,11-13H,7-8,10,14H2,1-2H3;1-6H. The lowest BCUT2D eigenvalue weighted by Gasteiger charge is -2.19. The lowest BCUT2D eigenvalue weighted by molar-refractivity contribution is -0.140. The summed E-state index contributed by atoms with van der Waals surface area (Å²) in [6.45, 7) is 0.293. The average Bonchev–Trinajstić information content (AvgIpc) is 3.58. The SMILES string of the molecule is COC(=O)Cc1ccc(-c2cnn(C)c2)c(Oc2ccc(C(F)(F)F)cc2CN2CCOC2=O)c1.c1ccccc1. The monoisotopic (exact) mass is 567 g/mol. The van der Waals surface area contributed by atoms with Gasteiger partial charge in [0.2, 0.25) is 0 Å². The first-order valence-electron chi connectivity index (χ1n) is 12.6. The summed E-state index contributed by atoms with van der Waals surface area (Å²) in [5, 5.41) is 4.16. The van der Waals surface area contributed by atoms with Crippen LogP contribution in [0.2, 0.25) is 0 Å². The molecule has 214 valence electrons. The molecule has 1 amide bonds. The van der Waals surface area contributed by atoms with Gasteiger partial charge < -0.3 is 19.1 Å². The number of cyclic esters (lactones) is 1. The van der Waals surface area contributed by atoms with Gasteiger partial charge in [-0.15, -0.1) is 0 Å². The van der Waals surface area contributed by atoms with Crippen molar-refractivity contribution in [3.63, 3.8) is 0 Å². The predicted octanol–water partition coefficient (Wildman–Crippen LogP) is 6.25. The first kappa shape index (κ1) is 29.2. The molecule has 0 atom stereocenters. The van der Waals surface area contributed by atoms with Gasteiger partial charge in [-0.1, -0.05) is 48.5 Å². The van der Waals surface area contributed by atoms with Crippen molar-refractivity contribution in [2.24, 2.45) is 7.05 Å². The summed E-state index contributed by atoms with van der Waals surface area (Å²) in [4.78, 5) is 25.0. The Hall–Kier alpha value is -4.80. The first-order valence-corrected chi connectivity index (χ1v) is 12.6. The Kier molecular flexibility index (Phi) is 9.28. The van der Waals surface area contributed by atoms with E-state index in [1.165, 1.54) is 18.1 Å². The van der Waals surface area contributed by atoms with Crippen molar-refractivity contribution in [3.8, 4) is 22.6 Å². The Bertz CT molecular complexity index is 1460. The maximum atomic E-state index is 13.4. The number of nitrogens with zero attached hydrogens (tertiary/aromatic N) is 3. The van der Waals surface area contributed by atoms with E-state index in [2.05, 4.69) is 5.10 Å². The summed E-state index contributed by atoms with van der Waals surface area (Å²) in [6.07, 6.45) is -1.81. The van der Waals surface area contributed by atoms with Crippen LogP contribution < -0.4 is 4.74 Å². The van der Waals surface area contributed by atoms with E-state index in [9.17, 15) is 22.8 Å². The van der Waals surface area contributed by atoms with Crippen LogP contribution in [-0.2, 0) is 40.5 Å². The molecule has 2 heterocycles. The second-order valence-electron chi connectivity index (χ2n) is 9.10. The normalized spacial score (nSPS) is 12.8. The van der Waals surface area contributed by atoms with E-state index in [4.69, 9.17) is 14.2 Å². The number of ether oxygens (including phenoxy) is 3. The van der Waals surface area contributed by atoms with E-state index < -0.39 is 23.8 Å². The zero-order valence-electron chi connectivity index (χ0n) is 22.4. The summed E-state index contributed by atoms with van der Waals surface area (Å²) >= 11 is 0. The number of carbonyl (C=O) groups excluding carboxylic acids is 2. The molecule has 1 aromatic heterocycles. The maximum absolute atomic E-state index is 13.4. The molecule has 0 spiro atoms. The number of hydrogen-bond acceptors (Lipinski definition) is 6. The lowest BCUT2D eigenvalue weighted by atomic mass is 10.0. The number of halogens is 3. The van der Waals surface area contributed by atoms with Crippen LogP contribution in [0.1, 0.15) is 16.7 Å². The highest BCUT2D eigenvalue weighted by molar-refractivity contribution is 5.75. The number of aryl methyl sites for hydroxylation is 1. The van der Waals surface area contributed by atoms with E-state index in [1.807, 2.05) is 36.4 Å². The number of aromatic nitrogens is 2. The molecule has 11 heteroatoms. The van der Waals surface area contributed by atoms with Crippen LogP contribution in [-0.4, -0.2) is 47.0 Å². The minimum absolute atomic E-state index is 0.0142. The fraction of sp³-hybridized carbons (Fsp3) is 0.233. The molecule has 0 N–H and O–H groups in total. The number of rotatable bonds is 7. The number of amides is 1. The number of methoxy groups -OCH3 is 1. The summed E-state index contributed by atoms with van der Waals surface area (Å²) in [5.74, 6) is -0.00434. The summed E-state index contributed by atoms with van der Waals surface area (Å²) in [7, 11) is 3.03. The predicted molar refractivity (Wildman–Crippen MR) is 144 cm³/mol. The molecule has 41 heavy (non-hydrogen) atoms. The summed E-state index contributed by atoms with van der Waals surface area (Å²) < 4.78 is 57.6. The van der Waals surface area contributed by atoms with Gasteiger partial charge in [0.1, 0.15) is 18.1 Å². The molecule has 0 radical (unpaired) electrons. The van der Waals surface area contributed by atoms with Crippen LogP contribution in [0.4, 0.5) is 18.0 Å². The third-order valence-electron chi connectivity index (χ3n) is 6.12. The van der Waals surface area contributed by atoms with Gasteiger partial charge in [0.05, 0.1) is 38.4 Å². The van der Waals surface area contributed by atoms with Crippen LogP contribution in [0.3, 0.4) is 0 Å². The van der Waals surface area contributed by atoms with Crippen LogP contribution >= 0.6 is 0 Å². The second-order valence-corrected chi connectivity index (χ2v) is 9.10. The summed E-state index contributed by atoms with van der Waals surface area (Å²) in [6, 6.07) is 20.2. The number of carbonyl (C=O) groups is 2. The Labute approximate surface area is 234 Å². The Balaban J connectivity index is 0.000000572. The van der Waals surface area contributed by atoms with Gasteiger partial charge in [-0.3, -0.25) is 9.48 Å². The third-order valence-corrected chi connectivity index (χ3v) is 6.12. The quantitative estimate of drug-likeness (QED) is 0.246. The number of benzene rings is 3.